The van der Waals surface area contributed by atoms with Gasteiger partial charge < -0.3 is 10.6 Å². The molecule has 3 aromatic rings. The van der Waals surface area contributed by atoms with E-state index < -0.39 is 12.1 Å². The van der Waals surface area contributed by atoms with Gasteiger partial charge in [0.15, 0.2) is 0 Å². The molecule has 3 rings (SSSR count). The summed E-state index contributed by atoms with van der Waals surface area (Å²) in [6.07, 6.45) is 0. The van der Waals surface area contributed by atoms with E-state index in [1.165, 1.54) is 0 Å². The summed E-state index contributed by atoms with van der Waals surface area (Å²) >= 11 is 0. The van der Waals surface area contributed by atoms with Gasteiger partial charge in [0.1, 0.15) is 0 Å². The smallest absolute Gasteiger partial charge is 0.308 e. The first kappa shape index (κ1) is 14.6. The van der Waals surface area contributed by atoms with E-state index in [0.29, 0.717) is 11.4 Å². The molecule has 0 bridgehead atoms. The van der Waals surface area contributed by atoms with E-state index in [9.17, 15) is 9.59 Å². The second-order valence-corrected chi connectivity index (χ2v) is 4.93. The summed E-state index contributed by atoms with van der Waals surface area (Å²) in [5.74, 6) is 0. The molecule has 0 saturated heterocycles. The van der Waals surface area contributed by atoms with Crippen molar-refractivity contribution in [3.05, 3.63) is 72.8 Å². The van der Waals surface area contributed by atoms with E-state index >= 15 is 0 Å². The highest BCUT2D eigenvalue weighted by Gasteiger charge is 2.09. The third kappa shape index (κ3) is 3.65. The monoisotopic (exact) mass is 305 g/mol. The molecule has 0 aliphatic heterocycles. The quantitative estimate of drug-likeness (QED) is 0.664. The Morgan fingerprint density at radius 3 is 2.13 bits per heavy atom. The van der Waals surface area contributed by atoms with Gasteiger partial charge in [-0.2, -0.15) is 0 Å². The first-order chi connectivity index (χ1) is 11.2. The Bertz CT molecular complexity index is 842. The zero-order valence-electron chi connectivity index (χ0n) is 12.2. The minimum absolute atomic E-state index is 0.588. The Morgan fingerprint density at radius 1 is 0.652 bits per heavy atom. The number of amides is 4. The fourth-order valence-electron chi connectivity index (χ4n) is 2.27. The second kappa shape index (κ2) is 6.62. The van der Waals surface area contributed by atoms with Crippen LogP contribution in [0.4, 0.5) is 21.0 Å². The van der Waals surface area contributed by atoms with E-state index in [1.54, 1.807) is 30.3 Å². The van der Waals surface area contributed by atoms with Crippen LogP contribution in [0.15, 0.2) is 72.8 Å². The lowest BCUT2D eigenvalue weighted by atomic mass is 10.1. The molecule has 0 aliphatic carbocycles. The van der Waals surface area contributed by atoms with Gasteiger partial charge in [-0.15, -0.1) is 0 Å². The Labute approximate surface area is 133 Å². The number of imide groups is 1. The lowest BCUT2D eigenvalue weighted by Crippen LogP contribution is -2.37. The number of anilines is 2. The summed E-state index contributed by atoms with van der Waals surface area (Å²) in [7, 11) is 0. The van der Waals surface area contributed by atoms with Crippen molar-refractivity contribution >= 4 is 34.2 Å². The molecule has 23 heavy (non-hydrogen) atoms. The average molecular weight is 305 g/mol. The molecule has 3 N–H and O–H groups in total. The maximum absolute atomic E-state index is 12.0. The fraction of sp³-hybridized carbons (Fsp3) is 0. The van der Waals surface area contributed by atoms with Gasteiger partial charge in [0.25, 0.3) is 0 Å². The number of carbonyl (C=O) groups is 2. The molecule has 0 radical (unpaired) electrons. The van der Waals surface area contributed by atoms with Gasteiger partial charge in [0, 0.05) is 11.1 Å². The predicted octanol–water partition coefficient (Wildman–Crippen LogP) is 4.19. The van der Waals surface area contributed by atoms with Crippen LogP contribution in [0.25, 0.3) is 10.8 Å². The minimum Gasteiger partial charge on any atom is -0.308 e. The van der Waals surface area contributed by atoms with E-state index in [-0.39, 0.29) is 0 Å². The average Bonchev–Trinajstić information content (AvgIpc) is 2.56. The van der Waals surface area contributed by atoms with Crippen molar-refractivity contribution in [3.63, 3.8) is 0 Å². The molecule has 114 valence electrons. The molecule has 3 aromatic carbocycles. The topological polar surface area (TPSA) is 70.2 Å². The Morgan fingerprint density at radius 2 is 1.30 bits per heavy atom. The number of carbonyl (C=O) groups excluding carboxylic acids is 2. The molecule has 0 fully saturated rings. The van der Waals surface area contributed by atoms with Gasteiger partial charge in [-0.25, -0.2) is 9.59 Å². The lowest BCUT2D eigenvalue weighted by Gasteiger charge is -2.10. The molecule has 4 amide bonds. The van der Waals surface area contributed by atoms with Crippen LogP contribution in [0.2, 0.25) is 0 Å². The maximum atomic E-state index is 12.0. The molecule has 0 atom stereocenters. The molecule has 0 aromatic heterocycles. The fourth-order valence-corrected chi connectivity index (χ4v) is 2.27. The van der Waals surface area contributed by atoms with Gasteiger partial charge in [0.05, 0.1) is 5.69 Å². The Hall–Kier alpha value is -3.34. The number of nitrogens with one attached hydrogen (secondary N) is 3. The summed E-state index contributed by atoms with van der Waals surface area (Å²) in [5.41, 5.74) is 1.26. The molecule has 0 saturated carbocycles. The third-order valence-electron chi connectivity index (χ3n) is 3.30. The van der Waals surface area contributed by atoms with E-state index in [1.807, 2.05) is 42.5 Å². The normalized spacial score (nSPS) is 10.1. The Kier molecular flexibility index (Phi) is 4.20. The van der Waals surface area contributed by atoms with Crippen molar-refractivity contribution in [1.29, 1.82) is 0 Å². The summed E-state index contributed by atoms with van der Waals surface area (Å²) in [5, 5.41) is 9.44. The number of hydrogen-bond acceptors (Lipinski definition) is 2. The van der Waals surface area contributed by atoms with Gasteiger partial charge in [-0.3, -0.25) is 5.32 Å². The Balaban J connectivity index is 1.66. The van der Waals surface area contributed by atoms with Crippen molar-refractivity contribution in [2.24, 2.45) is 0 Å². The van der Waals surface area contributed by atoms with Crippen LogP contribution in [0, 0.1) is 0 Å². The predicted molar refractivity (Wildman–Crippen MR) is 91.6 cm³/mol. The largest absolute Gasteiger partial charge is 0.327 e. The second-order valence-electron chi connectivity index (χ2n) is 4.93. The number of rotatable bonds is 2. The molecule has 5 nitrogen and oxygen atoms in total. The number of hydrogen-bond donors (Lipinski definition) is 3. The summed E-state index contributed by atoms with van der Waals surface area (Å²) in [6.45, 7) is 0. The number of para-hydroxylation sites is 1. The summed E-state index contributed by atoms with van der Waals surface area (Å²) in [4.78, 5) is 23.8. The highest BCUT2D eigenvalue weighted by atomic mass is 16.2. The van der Waals surface area contributed by atoms with Crippen LogP contribution in [0.1, 0.15) is 0 Å². The zero-order chi connectivity index (χ0) is 16.1. The molecule has 0 heterocycles. The van der Waals surface area contributed by atoms with Gasteiger partial charge in [-0.1, -0.05) is 54.6 Å². The standard InChI is InChI=1S/C18H15N3O2/c22-17(19-14-9-2-1-3-10-14)21-18(23)20-16-12-6-8-13-7-4-5-11-15(13)16/h1-12H,(H3,19,20,21,22,23). The highest BCUT2D eigenvalue weighted by molar-refractivity contribution is 6.08. The molecule has 0 unspecified atom stereocenters. The van der Waals surface area contributed by atoms with E-state index in [2.05, 4.69) is 16.0 Å². The van der Waals surface area contributed by atoms with Crippen molar-refractivity contribution < 1.29 is 9.59 Å². The van der Waals surface area contributed by atoms with Crippen LogP contribution in [0.5, 0.6) is 0 Å². The van der Waals surface area contributed by atoms with Gasteiger partial charge >= 0.3 is 12.1 Å². The maximum Gasteiger partial charge on any atom is 0.327 e. The molecule has 5 heteroatoms. The first-order valence-electron chi connectivity index (χ1n) is 7.14. The van der Waals surface area contributed by atoms with Crippen molar-refractivity contribution in [2.75, 3.05) is 10.6 Å². The van der Waals surface area contributed by atoms with Crippen LogP contribution in [-0.2, 0) is 0 Å². The zero-order valence-corrected chi connectivity index (χ0v) is 12.2. The molecular weight excluding hydrogens is 290 g/mol. The van der Waals surface area contributed by atoms with Gasteiger partial charge in [-0.05, 0) is 23.6 Å². The molecule has 0 aliphatic rings. The molecular formula is C18H15N3O2. The van der Waals surface area contributed by atoms with Crippen LogP contribution >= 0.6 is 0 Å². The SMILES string of the molecule is O=C(NC(=O)Nc1cccc2ccccc12)Nc1ccccc1. The van der Waals surface area contributed by atoms with Crippen LogP contribution in [-0.4, -0.2) is 12.1 Å². The van der Waals surface area contributed by atoms with Crippen molar-refractivity contribution in [3.8, 4) is 0 Å². The van der Waals surface area contributed by atoms with E-state index in [0.717, 1.165) is 10.8 Å². The number of fused-ring (bicyclic) bond motifs is 1. The molecule has 0 spiro atoms. The first-order valence-corrected chi connectivity index (χ1v) is 7.14. The highest BCUT2D eigenvalue weighted by Crippen LogP contribution is 2.22. The summed E-state index contributed by atoms with van der Waals surface area (Å²) < 4.78 is 0. The van der Waals surface area contributed by atoms with Crippen molar-refractivity contribution in [1.82, 2.24) is 5.32 Å². The van der Waals surface area contributed by atoms with Crippen LogP contribution < -0.4 is 16.0 Å². The van der Waals surface area contributed by atoms with Crippen LogP contribution in [0.3, 0.4) is 0 Å². The number of benzene rings is 3. The van der Waals surface area contributed by atoms with Crippen molar-refractivity contribution in [2.45, 2.75) is 0 Å². The summed E-state index contributed by atoms with van der Waals surface area (Å²) in [6, 6.07) is 21.0. The third-order valence-corrected chi connectivity index (χ3v) is 3.30. The lowest BCUT2D eigenvalue weighted by molar-refractivity contribution is 0.240. The van der Waals surface area contributed by atoms with E-state index in [4.69, 9.17) is 0 Å². The minimum atomic E-state index is -0.589. The number of urea groups is 2. The van der Waals surface area contributed by atoms with Gasteiger partial charge in [0.2, 0.25) is 0 Å².